The number of carboxylic acid groups (broad SMARTS) is 1. The number of aromatic nitrogens is 2. The van der Waals surface area contributed by atoms with E-state index in [2.05, 4.69) is 19.8 Å². The zero-order valence-electron chi connectivity index (χ0n) is 24.4. The maximum atomic E-state index is 13.4. The fourth-order valence-corrected chi connectivity index (χ4v) is 7.44. The standard InChI is InChI=1S/C26H26N8O11S2/c1-10-14(45-26(41)44-10)8-43-25(40)32-4-3-13(7-32)33-5-2-11(20(33)36)6-12-9-46-22-16(21(37)34(22)17(12)23(38)39)28-19(35)15(30-42)18-29-24(27)47-31-18/h6,13,16,22,42H,2-5,7-9H2,1H3,(H,28,35)(H,38,39)(H2,27,29,31)/t13?,16-,22-/m1/s1. The number of carbonyl (C=O) groups is 5. The molecule has 0 aromatic carbocycles. The number of nitrogens with zero attached hydrogens (tertiary/aromatic N) is 6. The molecule has 3 fully saturated rings. The van der Waals surface area contributed by atoms with E-state index in [9.17, 15) is 39.1 Å². The number of aliphatic carboxylic acids is 1. The van der Waals surface area contributed by atoms with Gasteiger partial charge in [0, 0.05) is 42.5 Å². The fourth-order valence-electron chi connectivity index (χ4n) is 5.70. The van der Waals surface area contributed by atoms with E-state index in [4.69, 9.17) is 19.3 Å². The maximum absolute atomic E-state index is 13.4. The minimum atomic E-state index is -1.38. The van der Waals surface area contributed by atoms with Gasteiger partial charge in [0.2, 0.25) is 17.4 Å². The van der Waals surface area contributed by atoms with E-state index in [1.807, 2.05) is 0 Å². The number of anilines is 1. The number of rotatable bonds is 8. The third-order valence-electron chi connectivity index (χ3n) is 7.99. The summed E-state index contributed by atoms with van der Waals surface area (Å²) in [5.74, 6) is -4.02. The Balaban J connectivity index is 1.09. The maximum Gasteiger partial charge on any atom is 0.519 e. The second-order valence-electron chi connectivity index (χ2n) is 10.7. The Morgan fingerprint density at radius 2 is 2.02 bits per heavy atom. The first-order valence-electron chi connectivity index (χ1n) is 14.0. The first-order chi connectivity index (χ1) is 22.5. The highest BCUT2D eigenvalue weighted by Crippen LogP contribution is 2.41. The summed E-state index contributed by atoms with van der Waals surface area (Å²) in [6.07, 6.45) is 1.68. The molecule has 248 valence electrons. The van der Waals surface area contributed by atoms with Gasteiger partial charge in [-0.2, -0.15) is 9.36 Å². The Morgan fingerprint density at radius 3 is 2.68 bits per heavy atom. The van der Waals surface area contributed by atoms with Crippen LogP contribution in [0.3, 0.4) is 0 Å². The number of amides is 4. The zero-order chi connectivity index (χ0) is 33.6. The summed E-state index contributed by atoms with van der Waals surface area (Å²) in [4.78, 5) is 83.2. The van der Waals surface area contributed by atoms with Gasteiger partial charge in [-0.15, -0.1) is 11.8 Å². The molecule has 0 radical (unpaired) electrons. The fraction of sp³-hybridized carbons (Fsp3) is 0.423. The van der Waals surface area contributed by atoms with Crippen molar-refractivity contribution in [1.82, 2.24) is 29.4 Å². The molecule has 4 aliphatic heterocycles. The molecule has 21 heteroatoms. The predicted octanol–water partition coefficient (Wildman–Crippen LogP) is -0.538. The average Bonchev–Trinajstić information content (AvgIpc) is 3.83. The summed E-state index contributed by atoms with van der Waals surface area (Å²) in [5.41, 5.74) is 5.29. The number of carboxylic acids is 1. The lowest BCUT2D eigenvalue weighted by molar-refractivity contribution is -0.150. The summed E-state index contributed by atoms with van der Waals surface area (Å²) in [6, 6.07) is -1.41. The largest absolute Gasteiger partial charge is 0.519 e. The van der Waals surface area contributed by atoms with Crippen LogP contribution in [-0.2, 0) is 30.5 Å². The molecule has 3 atom stereocenters. The number of carbonyl (C=O) groups excluding carboxylic acids is 4. The number of nitrogens with one attached hydrogen (secondary N) is 1. The van der Waals surface area contributed by atoms with Crippen molar-refractivity contribution in [2.75, 3.05) is 31.1 Å². The summed E-state index contributed by atoms with van der Waals surface area (Å²) < 4.78 is 18.6. The minimum Gasteiger partial charge on any atom is -0.477 e. The zero-order valence-corrected chi connectivity index (χ0v) is 26.0. The quantitative estimate of drug-likeness (QED) is 0.0891. The second-order valence-corrected chi connectivity index (χ2v) is 12.6. The smallest absolute Gasteiger partial charge is 0.477 e. The molecule has 6 rings (SSSR count). The van der Waals surface area contributed by atoms with Crippen molar-refractivity contribution in [1.29, 1.82) is 0 Å². The molecular formula is C26H26N8O11S2. The van der Waals surface area contributed by atoms with Crippen molar-refractivity contribution in [2.24, 2.45) is 5.16 Å². The van der Waals surface area contributed by atoms with E-state index in [0.717, 1.165) is 16.4 Å². The van der Waals surface area contributed by atoms with E-state index in [-0.39, 0.29) is 64.6 Å². The number of aryl methyl sites for hydroxylation is 1. The summed E-state index contributed by atoms with van der Waals surface area (Å²) in [7, 11) is 0. The SMILES string of the molecule is Cc1oc(=O)oc1COC(=O)N1CCC(N2CCC(=CC3=C(C(=O)O)N4C(=O)[C@@H](NC(=O)C(=NO)c5nsc(N)n5)[C@H]4SC3)C2=O)C1. The minimum absolute atomic E-state index is 0.0324. The lowest BCUT2D eigenvalue weighted by Gasteiger charge is -2.49. The molecule has 19 nitrogen and oxygen atoms in total. The first-order valence-corrected chi connectivity index (χ1v) is 15.8. The van der Waals surface area contributed by atoms with E-state index < -0.39 is 46.8 Å². The second kappa shape index (κ2) is 12.5. The number of likely N-dealkylation sites (tertiary alicyclic amines) is 2. The van der Waals surface area contributed by atoms with E-state index in [0.29, 0.717) is 31.5 Å². The number of fused-ring (bicyclic) bond motifs is 1. The molecule has 2 aromatic heterocycles. The van der Waals surface area contributed by atoms with Gasteiger partial charge in [0.1, 0.15) is 17.1 Å². The number of hydrogen-bond acceptors (Lipinski definition) is 16. The average molecular weight is 691 g/mol. The molecule has 5 N–H and O–H groups in total. The number of allylic oxidation sites excluding steroid dienone is 1. The van der Waals surface area contributed by atoms with Crippen molar-refractivity contribution in [2.45, 2.75) is 43.8 Å². The van der Waals surface area contributed by atoms with Gasteiger partial charge in [-0.05, 0) is 31.4 Å². The van der Waals surface area contributed by atoms with Crippen LogP contribution in [0.15, 0.2) is 41.7 Å². The van der Waals surface area contributed by atoms with Crippen LogP contribution < -0.4 is 16.9 Å². The molecule has 4 amide bonds. The molecule has 0 spiro atoms. The van der Waals surface area contributed by atoms with Crippen molar-refractivity contribution in [3.63, 3.8) is 0 Å². The number of nitrogen functional groups attached to an aromatic ring is 1. The van der Waals surface area contributed by atoms with E-state index >= 15 is 0 Å². The predicted molar refractivity (Wildman–Crippen MR) is 159 cm³/mol. The van der Waals surface area contributed by atoms with Crippen LogP contribution in [0.5, 0.6) is 0 Å². The third kappa shape index (κ3) is 5.93. The normalized spacial score (nSPS) is 23.8. The van der Waals surface area contributed by atoms with Gasteiger partial charge in [-0.3, -0.25) is 19.3 Å². The van der Waals surface area contributed by atoms with Crippen LogP contribution in [0, 0.1) is 6.92 Å². The topological polar surface area (TPSA) is 264 Å². The highest BCUT2D eigenvalue weighted by atomic mass is 32.2. The Kier molecular flexibility index (Phi) is 8.49. The molecule has 0 aliphatic carbocycles. The number of β-lactam (4-membered cyclic amide) rings is 1. The molecule has 47 heavy (non-hydrogen) atoms. The van der Waals surface area contributed by atoms with Gasteiger partial charge in [0.15, 0.2) is 23.3 Å². The van der Waals surface area contributed by atoms with Crippen LogP contribution in [0.25, 0.3) is 0 Å². The lowest BCUT2D eigenvalue weighted by Crippen LogP contribution is -2.71. The Morgan fingerprint density at radius 1 is 1.23 bits per heavy atom. The van der Waals surface area contributed by atoms with Gasteiger partial charge in [0.05, 0.1) is 6.04 Å². The van der Waals surface area contributed by atoms with Gasteiger partial charge in [-0.25, -0.2) is 14.4 Å². The first kappa shape index (κ1) is 31.8. The van der Waals surface area contributed by atoms with Crippen LogP contribution in [0.2, 0.25) is 0 Å². The number of hydrogen-bond donors (Lipinski definition) is 4. The third-order valence-corrected chi connectivity index (χ3v) is 9.83. The highest BCUT2D eigenvalue weighted by molar-refractivity contribution is 8.00. The molecule has 1 unspecified atom stereocenters. The van der Waals surface area contributed by atoms with E-state index in [1.165, 1.54) is 29.7 Å². The number of thioether (sulfide) groups is 1. The Hall–Kier alpha value is -5.18. The molecule has 2 aromatic rings. The number of oxime groups is 1. The highest BCUT2D eigenvalue weighted by Gasteiger charge is 2.54. The molecule has 0 saturated carbocycles. The number of nitrogens with two attached hydrogens (primary N) is 1. The van der Waals surface area contributed by atoms with Crippen LogP contribution >= 0.6 is 23.3 Å². The van der Waals surface area contributed by atoms with Crippen molar-refractivity contribution >= 4 is 63.9 Å². The monoisotopic (exact) mass is 690 g/mol. The van der Waals surface area contributed by atoms with Gasteiger partial charge >= 0.3 is 17.9 Å². The Bertz CT molecular complexity index is 1830. The molecule has 0 bridgehead atoms. The van der Waals surface area contributed by atoms with Crippen LogP contribution in [0.1, 0.15) is 30.2 Å². The summed E-state index contributed by atoms with van der Waals surface area (Å²) >= 11 is 1.97. The number of ether oxygens (including phenoxy) is 1. The molecule has 4 aliphatic rings. The summed E-state index contributed by atoms with van der Waals surface area (Å²) in [5, 5.41) is 24.0. The van der Waals surface area contributed by atoms with Crippen LogP contribution in [-0.4, -0.2) is 113 Å². The molecule has 3 saturated heterocycles. The van der Waals surface area contributed by atoms with Crippen molar-refractivity contribution in [3.05, 3.63) is 50.9 Å². The van der Waals surface area contributed by atoms with Crippen molar-refractivity contribution < 1.29 is 47.9 Å². The van der Waals surface area contributed by atoms with Gasteiger partial charge in [-0.1, -0.05) is 5.16 Å². The van der Waals surface area contributed by atoms with Crippen LogP contribution in [0.4, 0.5) is 9.93 Å². The molecular weight excluding hydrogens is 664 g/mol. The van der Waals surface area contributed by atoms with Gasteiger partial charge < -0.3 is 44.7 Å². The summed E-state index contributed by atoms with van der Waals surface area (Å²) in [6.45, 7) is 2.14. The van der Waals surface area contributed by atoms with E-state index in [1.54, 1.807) is 4.90 Å². The lowest BCUT2D eigenvalue weighted by atomic mass is 10.0. The Labute approximate surface area is 271 Å². The molecule has 6 heterocycles. The van der Waals surface area contributed by atoms with Crippen molar-refractivity contribution in [3.8, 4) is 0 Å². The van der Waals surface area contributed by atoms with Gasteiger partial charge in [0.25, 0.3) is 11.8 Å².